The Kier molecular flexibility index (Phi) is 3.95. The first kappa shape index (κ1) is 14.5. The van der Waals surface area contributed by atoms with Crippen molar-refractivity contribution < 1.29 is 4.79 Å². The summed E-state index contributed by atoms with van der Waals surface area (Å²) in [5.41, 5.74) is 2.59. The van der Waals surface area contributed by atoms with Crippen molar-refractivity contribution in [3.63, 3.8) is 0 Å². The number of halogens is 1. The topological polar surface area (TPSA) is 46.9 Å². The van der Waals surface area contributed by atoms with E-state index in [1.807, 2.05) is 32.2 Å². The second-order valence-electron chi connectivity index (χ2n) is 5.11. The van der Waals surface area contributed by atoms with Crippen molar-refractivity contribution >= 4 is 29.3 Å². The van der Waals surface area contributed by atoms with Crippen LogP contribution < -0.4 is 5.32 Å². The van der Waals surface area contributed by atoms with Gasteiger partial charge in [0.05, 0.1) is 17.8 Å². The van der Waals surface area contributed by atoms with Crippen LogP contribution in [0.3, 0.4) is 0 Å². The maximum atomic E-state index is 12.4. The zero-order chi connectivity index (χ0) is 15.0. The van der Waals surface area contributed by atoms with E-state index >= 15 is 0 Å². The number of thioether (sulfide) groups is 1. The third kappa shape index (κ3) is 2.80. The SMILES string of the molecule is Cc1c(C(=O)NC2CCSc3ccc(Cl)cc32)cnn1C. The molecule has 1 aromatic carbocycles. The molecule has 0 saturated carbocycles. The molecule has 3 rings (SSSR count). The maximum absolute atomic E-state index is 12.4. The largest absolute Gasteiger partial charge is 0.345 e. The Morgan fingerprint density at radius 1 is 1.52 bits per heavy atom. The van der Waals surface area contributed by atoms with Gasteiger partial charge < -0.3 is 5.32 Å². The molecule has 1 aromatic heterocycles. The molecule has 0 saturated heterocycles. The lowest BCUT2D eigenvalue weighted by Crippen LogP contribution is -2.31. The van der Waals surface area contributed by atoms with E-state index < -0.39 is 0 Å². The third-order valence-corrected chi connectivity index (χ3v) is 5.15. The molecule has 0 fully saturated rings. The highest BCUT2D eigenvalue weighted by molar-refractivity contribution is 7.99. The van der Waals surface area contributed by atoms with Crippen LogP contribution in [0.25, 0.3) is 0 Å². The van der Waals surface area contributed by atoms with Crippen LogP contribution in [0.5, 0.6) is 0 Å². The monoisotopic (exact) mass is 321 g/mol. The number of carbonyl (C=O) groups excluding carboxylic acids is 1. The Morgan fingerprint density at radius 3 is 3.05 bits per heavy atom. The van der Waals surface area contributed by atoms with Gasteiger partial charge in [0.1, 0.15) is 0 Å². The zero-order valence-corrected chi connectivity index (χ0v) is 13.5. The summed E-state index contributed by atoms with van der Waals surface area (Å²) >= 11 is 7.89. The van der Waals surface area contributed by atoms with E-state index in [4.69, 9.17) is 11.6 Å². The second-order valence-corrected chi connectivity index (χ2v) is 6.69. The maximum Gasteiger partial charge on any atom is 0.255 e. The van der Waals surface area contributed by atoms with Gasteiger partial charge in [-0.15, -0.1) is 11.8 Å². The summed E-state index contributed by atoms with van der Waals surface area (Å²) in [6.07, 6.45) is 2.52. The molecule has 6 heteroatoms. The van der Waals surface area contributed by atoms with Crippen molar-refractivity contribution in [3.8, 4) is 0 Å². The number of hydrogen-bond donors (Lipinski definition) is 1. The number of benzene rings is 1. The minimum Gasteiger partial charge on any atom is -0.345 e. The molecule has 0 aliphatic carbocycles. The summed E-state index contributed by atoms with van der Waals surface area (Å²) in [7, 11) is 1.83. The van der Waals surface area contributed by atoms with Crippen LogP contribution in [0.2, 0.25) is 5.02 Å². The molecule has 110 valence electrons. The fourth-order valence-corrected chi connectivity index (χ4v) is 3.76. The normalized spacial score (nSPS) is 17.4. The number of hydrogen-bond acceptors (Lipinski definition) is 3. The highest BCUT2D eigenvalue weighted by Gasteiger charge is 2.24. The van der Waals surface area contributed by atoms with E-state index in [0.29, 0.717) is 10.6 Å². The number of amides is 1. The number of nitrogens with zero attached hydrogens (tertiary/aromatic N) is 2. The summed E-state index contributed by atoms with van der Waals surface area (Å²) in [6.45, 7) is 1.89. The number of rotatable bonds is 2. The standard InChI is InChI=1S/C15H16ClN3OS/c1-9-12(8-17-19(9)2)15(20)18-13-5-6-21-14-4-3-10(16)7-11(13)14/h3-4,7-8,13H,5-6H2,1-2H3,(H,18,20). The molecule has 1 unspecified atom stereocenters. The first-order valence-corrected chi connectivity index (χ1v) is 8.14. The summed E-state index contributed by atoms with van der Waals surface area (Å²) in [4.78, 5) is 13.6. The summed E-state index contributed by atoms with van der Waals surface area (Å²) < 4.78 is 1.70. The molecule has 4 nitrogen and oxygen atoms in total. The lowest BCUT2D eigenvalue weighted by Gasteiger charge is -2.26. The van der Waals surface area contributed by atoms with Gasteiger partial charge in [0.25, 0.3) is 5.91 Å². The molecule has 2 aromatic rings. The van der Waals surface area contributed by atoms with Gasteiger partial charge in [-0.25, -0.2) is 0 Å². The minimum atomic E-state index is -0.0802. The van der Waals surface area contributed by atoms with Gasteiger partial charge in [-0.05, 0) is 37.1 Å². The lowest BCUT2D eigenvalue weighted by molar-refractivity contribution is 0.0934. The van der Waals surface area contributed by atoms with Crippen molar-refractivity contribution in [2.45, 2.75) is 24.3 Å². The van der Waals surface area contributed by atoms with Gasteiger partial charge in [0, 0.05) is 28.4 Å². The molecule has 1 aliphatic rings. The van der Waals surface area contributed by atoms with Crippen molar-refractivity contribution in [3.05, 3.63) is 46.2 Å². The molecule has 0 radical (unpaired) electrons. The van der Waals surface area contributed by atoms with Crippen LogP contribution in [-0.2, 0) is 7.05 Å². The summed E-state index contributed by atoms with van der Waals surface area (Å²) in [5, 5.41) is 7.93. The highest BCUT2D eigenvalue weighted by Crippen LogP contribution is 2.37. The predicted octanol–water partition coefficient (Wildman–Crippen LogP) is 3.35. The Bertz CT molecular complexity index is 698. The van der Waals surface area contributed by atoms with Crippen LogP contribution >= 0.6 is 23.4 Å². The van der Waals surface area contributed by atoms with Crippen LogP contribution in [0.1, 0.15) is 34.1 Å². The molecule has 2 heterocycles. The van der Waals surface area contributed by atoms with Crippen molar-refractivity contribution in [1.82, 2.24) is 15.1 Å². The molecular formula is C15H16ClN3OS. The Morgan fingerprint density at radius 2 is 2.33 bits per heavy atom. The summed E-state index contributed by atoms with van der Waals surface area (Å²) in [6, 6.07) is 5.87. The Labute approximate surface area is 132 Å². The zero-order valence-electron chi connectivity index (χ0n) is 11.9. The van der Waals surface area contributed by atoms with E-state index in [0.717, 1.165) is 23.4 Å². The van der Waals surface area contributed by atoms with E-state index in [1.165, 1.54) is 4.90 Å². The van der Waals surface area contributed by atoms with Crippen molar-refractivity contribution in [2.24, 2.45) is 7.05 Å². The lowest BCUT2D eigenvalue weighted by atomic mass is 10.0. The highest BCUT2D eigenvalue weighted by atomic mass is 35.5. The average Bonchev–Trinajstić information content (AvgIpc) is 2.80. The van der Waals surface area contributed by atoms with Gasteiger partial charge in [-0.3, -0.25) is 9.48 Å². The van der Waals surface area contributed by atoms with Gasteiger partial charge in [-0.2, -0.15) is 5.10 Å². The molecular weight excluding hydrogens is 306 g/mol. The van der Waals surface area contributed by atoms with Gasteiger partial charge in [0.15, 0.2) is 0 Å². The second kappa shape index (κ2) is 5.73. The third-order valence-electron chi connectivity index (χ3n) is 3.80. The number of aryl methyl sites for hydroxylation is 1. The summed E-state index contributed by atoms with van der Waals surface area (Å²) in [5.74, 6) is 0.912. The first-order valence-electron chi connectivity index (χ1n) is 6.78. The minimum absolute atomic E-state index is 0.00653. The smallest absolute Gasteiger partial charge is 0.255 e. The molecule has 1 N–H and O–H groups in total. The molecule has 21 heavy (non-hydrogen) atoms. The van der Waals surface area contributed by atoms with E-state index in [-0.39, 0.29) is 11.9 Å². The number of aromatic nitrogens is 2. The van der Waals surface area contributed by atoms with Crippen molar-refractivity contribution in [1.29, 1.82) is 0 Å². The number of fused-ring (bicyclic) bond motifs is 1. The van der Waals surface area contributed by atoms with Crippen LogP contribution in [0.4, 0.5) is 0 Å². The fourth-order valence-electron chi connectivity index (χ4n) is 2.47. The molecule has 1 aliphatic heterocycles. The van der Waals surface area contributed by atoms with Gasteiger partial charge in [0.2, 0.25) is 0 Å². The molecule has 1 amide bonds. The fraction of sp³-hybridized carbons (Fsp3) is 0.333. The molecule has 0 bridgehead atoms. The average molecular weight is 322 g/mol. The van der Waals surface area contributed by atoms with Crippen molar-refractivity contribution in [2.75, 3.05) is 5.75 Å². The molecule has 1 atom stereocenters. The van der Waals surface area contributed by atoms with E-state index in [9.17, 15) is 4.79 Å². The Hall–Kier alpha value is -1.46. The van der Waals surface area contributed by atoms with Crippen LogP contribution in [0, 0.1) is 6.92 Å². The Balaban J connectivity index is 1.85. The van der Waals surface area contributed by atoms with Crippen LogP contribution in [0.15, 0.2) is 29.3 Å². The van der Waals surface area contributed by atoms with Gasteiger partial charge in [-0.1, -0.05) is 11.6 Å². The molecule has 0 spiro atoms. The van der Waals surface area contributed by atoms with Gasteiger partial charge >= 0.3 is 0 Å². The van der Waals surface area contributed by atoms with E-state index in [1.54, 1.807) is 22.6 Å². The first-order chi connectivity index (χ1) is 10.1. The number of carbonyl (C=O) groups is 1. The predicted molar refractivity (Wildman–Crippen MR) is 84.9 cm³/mol. The quantitative estimate of drug-likeness (QED) is 0.922. The number of nitrogens with one attached hydrogen (secondary N) is 1. The van der Waals surface area contributed by atoms with Crippen LogP contribution in [-0.4, -0.2) is 21.4 Å². The van der Waals surface area contributed by atoms with E-state index in [2.05, 4.69) is 10.4 Å².